The van der Waals surface area contributed by atoms with Gasteiger partial charge in [0.25, 0.3) is 11.5 Å². The lowest BCUT2D eigenvalue weighted by atomic mass is 9.96. The number of nitrogens with zero attached hydrogens (tertiary/aromatic N) is 6. The van der Waals surface area contributed by atoms with Crippen LogP contribution in [-0.4, -0.2) is 47.8 Å². The Bertz CT molecular complexity index is 1320. The van der Waals surface area contributed by atoms with Crippen LogP contribution in [0.4, 0.5) is 0 Å². The molecule has 162 valence electrons. The molecule has 0 N–H and O–H groups in total. The van der Waals surface area contributed by atoms with Crippen LogP contribution in [0.2, 0.25) is 0 Å². The molecule has 1 aliphatic heterocycles. The minimum atomic E-state index is -0.0633. The van der Waals surface area contributed by atoms with Gasteiger partial charge in [-0.1, -0.05) is 6.07 Å². The summed E-state index contributed by atoms with van der Waals surface area (Å²) in [5.74, 6) is 0.341. The summed E-state index contributed by atoms with van der Waals surface area (Å²) in [4.78, 5) is 40.6. The number of carbonyl (C=O) groups is 1. The number of carbonyl (C=O) groups excluding carboxylic acids is 1. The molecule has 8 heteroatoms. The molecule has 0 radical (unpaired) electrons. The molecule has 4 aromatic rings. The molecular weight excluding hydrogens is 404 g/mol. The van der Waals surface area contributed by atoms with E-state index in [4.69, 9.17) is 0 Å². The summed E-state index contributed by atoms with van der Waals surface area (Å²) in [5, 5.41) is 0. The Morgan fingerprint density at radius 1 is 1.12 bits per heavy atom. The Hall–Kier alpha value is -3.81. The van der Waals surface area contributed by atoms with Crippen molar-refractivity contribution in [3.8, 4) is 11.3 Å². The van der Waals surface area contributed by atoms with Crippen LogP contribution < -0.4 is 5.56 Å². The molecule has 0 spiro atoms. The molecule has 0 unspecified atom stereocenters. The van der Waals surface area contributed by atoms with Crippen molar-refractivity contribution in [2.45, 2.75) is 26.3 Å². The van der Waals surface area contributed by atoms with Crippen molar-refractivity contribution in [3.63, 3.8) is 0 Å². The van der Waals surface area contributed by atoms with E-state index in [0.717, 1.165) is 29.7 Å². The Balaban J connectivity index is 1.25. The van der Waals surface area contributed by atoms with Gasteiger partial charge in [-0.2, -0.15) is 0 Å². The lowest BCUT2D eigenvalue weighted by Crippen LogP contribution is -2.40. The number of hydrogen-bond acceptors (Lipinski definition) is 5. The predicted octanol–water partition coefficient (Wildman–Crippen LogP) is 2.81. The first-order valence-corrected chi connectivity index (χ1v) is 10.8. The highest BCUT2D eigenvalue weighted by Crippen LogP contribution is 2.22. The Kier molecular flexibility index (Phi) is 5.26. The molecule has 0 aliphatic carbocycles. The van der Waals surface area contributed by atoms with Crippen molar-refractivity contribution in [1.82, 2.24) is 28.8 Å². The van der Waals surface area contributed by atoms with E-state index >= 15 is 0 Å². The Morgan fingerprint density at radius 3 is 2.66 bits per heavy atom. The highest BCUT2D eigenvalue weighted by molar-refractivity contribution is 5.94. The third kappa shape index (κ3) is 3.79. The average molecular weight is 428 g/mol. The smallest absolute Gasteiger partial charge is 0.272 e. The summed E-state index contributed by atoms with van der Waals surface area (Å²) in [7, 11) is 0. The molecular formula is C24H24N6O2. The lowest BCUT2D eigenvalue weighted by Gasteiger charge is -2.32. The number of aryl methyl sites for hydroxylation is 1. The van der Waals surface area contributed by atoms with Crippen molar-refractivity contribution in [2.75, 3.05) is 13.1 Å². The molecule has 1 saturated heterocycles. The number of aromatic nitrogens is 5. The van der Waals surface area contributed by atoms with Gasteiger partial charge < -0.3 is 4.90 Å². The third-order valence-corrected chi connectivity index (χ3v) is 6.12. The molecule has 0 saturated carbocycles. The van der Waals surface area contributed by atoms with Gasteiger partial charge in [0.05, 0.1) is 17.7 Å². The van der Waals surface area contributed by atoms with Crippen molar-refractivity contribution >= 4 is 11.6 Å². The molecule has 1 amide bonds. The van der Waals surface area contributed by atoms with Gasteiger partial charge in [-0.3, -0.25) is 23.5 Å². The molecule has 0 atom stereocenters. The summed E-state index contributed by atoms with van der Waals surface area (Å²) in [6.07, 6.45) is 8.57. The van der Waals surface area contributed by atoms with E-state index in [0.29, 0.717) is 36.9 Å². The molecule has 4 aromatic heterocycles. The van der Waals surface area contributed by atoms with Crippen molar-refractivity contribution in [1.29, 1.82) is 0 Å². The van der Waals surface area contributed by atoms with Gasteiger partial charge in [0.15, 0.2) is 0 Å². The number of likely N-dealkylation sites (tertiary alicyclic amines) is 1. The first-order chi connectivity index (χ1) is 15.6. The average Bonchev–Trinajstić information content (AvgIpc) is 3.16. The predicted molar refractivity (Wildman–Crippen MR) is 120 cm³/mol. The SMILES string of the molecule is Cc1nc2ccccn2c1C(=O)N1CCC(Cn2cnc(-c3ccncc3)cc2=O)CC1. The first-order valence-electron chi connectivity index (χ1n) is 10.8. The molecule has 32 heavy (non-hydrogen) atoms. The van der Waals surface area contributed by atoms with E-state index in [2.05, 4.69) is 15.0 Å². The van der Waals surface area contributed by atoms with Gasteiger partial charge in [0, 0.05) is 49.9 Å². The first kappa shape index (κ1) is 20.1. The van der Waals surface area contributed by atoms with Crippen LogP contribution >= 0.6 is 0 Å². The van der Waals surface area contributed by atoms with Gasteiger partial charge in [-0.15, -0.1) is 0 Å². The van der Waals surface area contributed by atoms with Crippen LogP contribution in [0.15, 0.2) is 66.1 Å². The molecule has 5 rings (SSSR count). The number of fused-ring (bicyclic) bond motifs is 1. The second-order valence-corrected chi connectivity index (χ2v) is 8.21. The van der Waals surface area contributed by atoms with Gasteiger partial charge in [-0.25, -0.2) is 9.97 Å². The van der Waals surface area contributed by atoms with Crippen LogP contribution in [0.5, 0.6) is 0 Å². The number of rotatable bonds is 4. The molecule has 0 bridgehead atoms. The van der Waals surface area contributed by atoms with Gasteiger partial charge in [0.1, 0.15) is 11.3 Å². The summed E-state index contributed by atoms with van der Waals surface area (Å²) < 4.78 is 3.53. The molecule has 1 aliphatic rings. The van der Waals surface area contributed by atoms with E-state index in [-0.39, 0.29) is 11.5 Å². The molecule has 0 aromatic carbocycles. The summed E-state index contributed by atoms with van der Waals surface area (Å²) >= 11 is 0. The van der Waals surface area contributed by atoms with Crippen LogP contribution in [0.25, 0.3) is 16.9 Å². The second-order valence-electron chi connectivity index (χ2n) is 8.21. The molecule has 5 heterocycles. The van der Waals surface area contributed by atoms with E-state index < -0.39 is 0 Å². The fourth-order valence-corrected chi connectivity index (χ4v) is 4.36. The van der Waals surface area contributed by atoms with Crippen molar-refractivity contribution in [2.24, 2.45) is 5.92 Å². The maximum atomic E-state index is 13.2. The zero-order valence-corrected chi connectivity index (χ0v) is 17.9. The number of pyridine rings is 2. The van der Waals surface area contributed by atoms with Gasteiger partial charge in [0.2, 0.25) is 0 Å². The van der Waals surface area contributed by atoms with Crippen LogP contribution in [0, 0.1) is 12.8 Å². The normalized spacial score (nSPS) is 14.7. The van der Waals surface area contributed by atoms with Gasteiger partial charge in [-0.05, 0) is 49.9 Å². The summed E-state index contributed by atoms with van der Waals surface area (Å²) in [6.45, 7) is 3.82. The summed E-state index contributed by atoms with van der Waals surface area (Å²) in [5.41, 5.74) is 3.62. The Labute approximate surface area is 185 Å². The molecule has 1 fully saturated rings. The topological polar surface area (TPSA) is 85.4 Å². The van der Waals surface area contributed by atoms with Crippen LogP contribution in [0.3, 0.4) is 0 Å². The van der Waals surface area contributed by atoms with Crippen molar-refractivity contribution < 1.29 is 4.79 Å². The summed E-state index contributed by atoms with van der Waals surface area (Å²) in [6, 6.07) is 11.0. The fourth-order valence-electron chi connectivity index (χ4n) is 4.36. The van der Waals surface area contributed by atoms with Crippen molar-refractivity contribution in [3.05, 3.63) is 83.1 Å². The number of amides is 1. The third-order valence-electron chi connectivity index (χ3n) is 6.12. The number of piperidine rings is 1. The number of imidazole rings is 1. The second kappa shape index (κ2) is 8.37. The quantitative estimate of drug-likeness (QED) is 0.499. The Morgan fingerprint density at radius 2 is 1.91 bits per heavy atom. The highest BCUT2D eigenvalue weighted by Gasteiger charge is 2.27. The van der Waals surface area contributed by atoms with E-state index in [9.17, 15) is 9.59 Å². The van der Waals surface area contributed by atoms with Crippen LogP contribution in [-0.2, 0) is 6.54 Å². The maximum absolute atomic E-state index is 13.2. The fraction of sp³-hybridized carbons (Fsp3) is 0.292. The largest absolute Gasteiger partial charge is 0.337 e. The van der Waals surface area contributed by atoms with Crippen LogP contribution in [0.1, 0.15) is 29.0 Å². The monoisotopic (exact) mass is 428 g/mol. The minimum Gasteiger partial charge on any atom is -0.337 e. The van der Waals surface area contributed by atoms with E-state index in [1.54, 1.807) is 29.4 Å². The van der Waals surface area contributed by atoms with Gasteiger partial charge >= 0.3 is 0 Å². The maximum Gasteiger partial charge on any atom is 0.272 e. The number of hydrogen-bond donors (Lipinski definition) is 0. The minimum absolute atomic E-state index is 0.0141. The standard InChI is InChI=1S/C24H24N6O2/c1-17-23(30-11-3-2-4-21(30)27-17)24(32)28-12-7-18(8-13-28)15-29-16-26-20(14-22(29)31)19-5-9-25-10-6-19/h2-6,9-11,14,16,18H,7-8,12-13,15H2,1H3. The lowest BCUT2D eigenvalue weighted by molar-refractivity contribution is 0.0674. The zero-order chi connectivity index (χ0) is 22.1. The highest BCUT2D eigenvalue weighted by atomic mass is 16.2. The van der Waals surface area contributed by atoms with E-state index in [1.807, 2.05) is 52.8 Å². The van der Waals surface area contributed by atoms with E-state index in [1.165, 1.54) is 0 Å². The zero-order valence-electron chi connectivity index (χ0n) is 17.9. The molecule has 8 nitrogen and oxygen atoms in total.